The Balaban J connectivity index is 1.58. The van der Waals surface area contributed by atoms with Crippen LogP contribution in [0.3, 0.4) is 0 Å². The van der Waals surface area contributed by atoms with Gasteiger partial charge in [-0.05, 0) is 49.8 Å². The molecule has 0 atom stereocenters. The fraction of sp³-hybridized carbons (Fsp3) is 0.381. The maximum absolute atomic E-state index is 13.0. The molecule has 2 aromatic heterocycles. The van der Waals surface area contributed by atoms with Crippen LogP contribution in [-0.2, 0) is 30.6 Å². The topological polar surface area (TPSA) is 68.4 Å². The first-order valence-corrected chi connectivity index (χ1v) is 9.64. The van der Waals surface area contributed by atoms with E-state index in [9.17, 15) is 9.59 Å². The van der Waals surface area contributed by atoms with Gasteiger partial charge in [0.05, 0.1) is 5.69 Å². The highest BCUT2D eigenvalue weighted by molar-refractivity contribution is 5.90. The third-order valence-corrected chi connectivity index (χ3v) is 5.24. The van der Waals surface area contributed by atoms with E-state index in [1.807, 2.05) is 24.3 Å². The van der Waals surface area contributed by atoms with Gasteiger partial charge in [0, 0.05) is 23.6 Å². The molecule has 0 spiro atoms. The van der Waals surface area contributed by atoms with Gasteiger partial charge in [0.25, 0.3) is 5.56 Å². The van der Waals surface area contributed by atoms with Gasteiger partial charge in [0.15, 0.2) is 0 Å². The van der Waals surface area contributed by atoms with E-state index in [-0.39, 0.29) is 18.0 Å². The van der Waals surface area contributed by atoms with Crippen LogP contribution in [0.5, 0.6) is 0 Å². The largest absolute Gasteiger partial charge is 0.325 e. The van der Waals surface area contributed by atoms with E-state index in [4.69, 9.17) is 0 Å². The number of carbonyl (C=O) groups is 1. The van der Waals surface area contributed by atoms with Crippen LogP contribution in [0.15, 0.2) is 41.5 Å². The summed E-state index contributed by atoms with van der Waals surface area (Å²) in [5.74, 6) is -0.212. The van der Waals surface area contributed by atoms with Crippen molar-refractivity contribution < 1.29 is 4.79 Å². The molecule has 0 bridgehead atoms. The molecular formula is C21H24N4O2. The highest BCUT2D eigenvalue weighted by atomic mass is 16.2. The maximum atomic E-state index is 13.0. The molecule has 4 rings (SSSR count). The van der Waals surface area contributed by atoms with E-state index in [2.05, 4.69) is 17.3 Å². The number of nitrogens with zero attached hydrogens (tertiary/aromatic N) is 3. The summed E-state index contributed by atoms with van der Waals surface area (Å²) in [6.07, 6.45) is 9.54. The number of carbonyl (C=O) groups excluding carboxylic acids is 1. The molecule has 0 radical (unpaired) electrons. The first-order chi connectivity index (χ1) is 13.2. The summed E-state index contributed by atoms with van der Waals surface area (Å²) < 4.78 is 3.15. The molecule has 1 aromatic carbocycles. The number of benzene rings is 1. The van der Waals surface area contributed by atoms with Gasteiger partial charge in [-0.25, -0.2) is 4.52 Å². The number of nitrogens with one attached hydrogen (secondary N) is 1. The highest BCUT2D eigenvalue weighted by Crippen LogP contribution is 2.22. The molecule has 1 aliphatic rings. The van der Waals surface area contributed by atoms with Crippen LogP contribution in [0, 0.1) is 0 Å². The van der Waals surface area contributed by atoms with E-state index in [1.165, 1.54) is 16.6 Å². The second-order valence-corrected chi connectivity index (χ2v) is 7.11. The standard InChI is InChI=1S/C21H24N4O2/c1-2-15-8-10-16(11-9-15)22-19(26)14-24-12-13-25-20(21(24)27)17-6-4-3-5-7-18(17)23-25/h8-13H,2-7,14H2,1H3,(H,22,26). The van der Waals surface area contributed by atoms with Crippen LogP contribution in [0.4, 0.5) is 5.69 Å². The molecule has 0 unspecified atom stereocenters. The summed E-state index contributed by atoms with van der Waals surface area (Å²) in [5.41, 5.74) is 4.52. The molecule has 140 valence electrons. The van der Waals surface area contributed by atoms with Crippen molar-refractivity contribution in [2.24, 2.45) is 0 Å². The van der Waals surface area contributed by atoms with Crippen LogP contribution in [0.25, 0.3) is 5.52 Å². The number of amides is 1. The van der Waals surface area contributed by atoms with Gasteiger partial charge in [-0.15, -0.1) is 0 Å². The van der Waals surface area contributed by atoms with Gasteiger partial charge >= 0.3 is 0 Å². The maximum Gasteiger partial charge on any atom is 0.277 e. The van der Waals surface area contributed by atoms with Crippen molar-refractivity contribution in [1.29, 1.82) is 0 Å². The van der Waals surface area contributed by atoms with Gasteiger partial charge in [0.2, 0.25) is 5.91 Å². The Morgan fingerprint density at radius 1 is 1.11 bits per heavy atom. The molecule has 0 fully saturated rings. The molecule has 0 saturated carbocycles. The number of hydrogen-bond donors (Lipinski definition) is 1. The molecule has 0 aliphatic heterocycles. The van der Waals surface area contributed by atoms with Crippen molar-refractivity contribution >= 4 is 17.1 Å². The Bertz CT molecular complexity index is 1030. The summed E-state index contributed by atoms with van der Waals surface area (Å²) in [6.45, 7) is 2.08. The third kappa shape index (κ3) is 3.52. The quantitative estimate of drug-likeness (QED) is 0.724. The minimum Gasteiger partial charge on any atom is -0.325 e. The number of rotatable bonds is 4. The first-order valence-electron chi connectivity index (χ1n) is 9.64. The Hall–Kier alpha value is -2.89. The van der Waals surface area contributed by atoms with E-state index in [0.29, 0.717) is 5.52 Å². The van der Waals surface area contributed by atoms with Gasteiger partial charge in [0.1, 0.15) is 12.1 Å². The van der Waals surface area contributed by atoms with Crippen molar-refractivity contribution in [3.63, 3.8) is 0 Å². The predicted molar refractivity (Wildman–Crippen MR) is 105 cm³/mol. The lowest BCUT2D eigenvalue weighted by Gasteiger charge is -2.09. The zero-order valence-electron chi connectivity index (χ0n) is 15.6. The lowest BCUT2D eigenvalue weighted by Crippen LogP contribution is -2.28. The molecule has 6 nitrogen and oxygen atoms in total. The number of fused-ring (bicyclic) bond motifs is 3. The van der Waals surface area contributed by atoms with Crippen LogP contribution < -0.4 is 10.9 Å². The normalized spacial score (nSPS) is 14.0. The average Bonchev–Trinajstić information content (AvgIpc) is 2.87. The van der Waals surface area contributed by atoms with Crippen molar-refractivity contribution in [1.82, 2.24) is 14.2 Å². The molecule has 2 heterocycles. The minimum atomic E-state index is -0.212. The Labute approximate surface area is 157 Å². The van der Waals surface area contributed by atoms with Crippen molar-refractivity contribution in [2.45, 2.75) is 52.0 Å². The molecule has 1 aliphatic carbocycles. The second kappa shape index (κ2) is 7.39. The highest BCUT2D eigenvalue weighted by Gasteiger charge is 2.19. The van der Waals surface area contributed by atoms with E-state index < -0.39 is 0 Å². The molecular weight excluding hydrogens is 340 g/mol. The Morgan fingerprint density at radius 3 is 2.67 bits per heavy atom. The number of hydrogen-bond acceptors (Lipinski definition) is 3. The smallest absolute Gasteiger partial charge is 0.277 e. The summed E-state index contributed by atoms with van der Waals surface area (Å²) in [4.78, 5) is 25.4. The molecule has 27 heavy (non-hydrogen) atoms. The van der Waals surface area contributed by atoms with E-state index in [1.54, 1.807) is 16.9 Å². The number of anilines is 1. The summed E-state index contributed by atoms with van der Waals surface area (Å²) in [5, 5.41) is 7.44. The zero-order chi connectivity index (χ0) is 18.8. The fourth-order valence-corrected chi connectivity index (χ4v) is 3.74. The second-order valence-electron chi connectivity index (χ2n) is 7.11. The van der Waals surface area contributed by atoms with Crippen LogP contribution in [0.1, 0.15) is 43.0 Å². The summed E-state index contributed by atoms with van der Waals surface area (Å²) in [7, 11) is 0. The van der Waals surface area contributed by atoms with E-state index in [0.717, 1.165) is 49.0 Å². The Morgan fingerprint density at radius 2 is 1.89 bits per heavy atom. The zero-order valence-corrected chi connectivity index (χ0v) is 15.6. The van der Waals surface area contributed by atoms with Crippen molar-refractivity contribution in [2.75, 3.05) is 5.32 Å². The lowest BCUT2D eigenvalue weighted by atomic mass is 10.1. The van der Waals surface area contributed by atoms with Crippen molar-refractivity contribution in [3.8, 4) is 0 Å². The van der Waals surface area contributed by atoms with Crippen molar-refractivity contribution in [3.05, 3.63) is 63.8 Å². The number of aryl methyl sites for hydroxylation is 3. The average molecular weight is 364 g/mol. The molecule has 1 amide bonds. The molecule has 3 aromatic rings. The van der Waals surface area contributed by atoms with Gasteiger partial charge in [-0.1, -0.05) is 25.5 Å². The SMILES string of the molecule is CCc1ccc(NC(=O)Cn2ccn3nc4c(c3c2=O)CCCCC4)cc1. The van der Waals surface area contributed by atoms with Gasteiger partial charge < -0.3 is 9.88 Å². The Kier molecular flexibility index (Phi) is 4.79. The summed E-state index contributed by atoms with van der Waals surface area (Å²) >= 11 is 0. The lowest BCUT2D eigenvalue weighted by molar-refractivity contribution is -0.116. The first kappa shape index (κ1) is 17.5. The third-order valence-electron chi connectivity index (χ3n) is 5.24. The van der Waals surface area contributed by atoms with Gasteiger partial charge in [-0.2, -0.15) is 5.10 Å². The monoisotopic (exact) mass is 364 g/mol. The minimum absolute atomic E-state index is 0.00911. The van der Waals surface area contributed by atoms with Crippen LogP contribution in [-0.4, -0.2) is 20.1 Å². The summed E-state index contributed by atoms with van der Waals surface area (Å²) in [6, 6.07) is 7.77. The van der Waals surface area contributed by atoms with E-state index >= 15 is 0 Å². The van der Waals surface area contributed by atoms with Gasteiger partial charge in [-0.3, -0.25) is 9.59 Å². The fourth-order valence-electron chi connectivity index (χ4n) is 3.74. The molecule has 0 saturated heterocycles. The van der Waals surface area contributed by atoms with Crippen LogP contribution >= 0.6 is 0 Å². The predicted octanol–water partition coefficient (Wildman–Crippen LogP) is 2.97. The molecule has 1 N–H and O–H groups in total. The number of aromatic nitrogens is 3. The van der Waals surface area contributed by atoms with Crippen LogP contribution in [0.2, 0.25) is 0 Å². The molecule has 6 heteroatoms.